The second-order valence-corrected chi connectivity index (χ2v) is 16.9. The van der Waals surface area contributed by atoms with Gasteiger partial charge >= 0.3 is 17.9 Å². The molecule has 1 aliphatic heterocycles. The van der Waals surface area contributed by atoms with E-state index in [0.29, 0.717) is 12.8 Å². The van der Waals surface area contributed by atoms with Gasteiger partial charge in [0.05, 0.1) is 51.1 Å². The molecule has 0 aliphatic carbocycles. The van der Waals surface area contributed by atoms with E-state index in [1.807, 2.05) is 6.92 Å². The Hall–Kier alpha value is -5.25. The Morgan fingerprint density at radius 3 is 1.89 bits per heavy atom. The second kappa shape index (κ2) is 24.9. The molecule has 0 saturated heterocycles. The van der Waals surface area contributed by atoms with Crippen molar-refractivity contribution >= 4 is 51.0 Å². The number of carbonyl (C=O) groups is 4. The Morgan fingerprint density at radius 2 is 1.31 bits per heavy atom. The molecule has 334 valence electrons. The maximum Gasteiger partial charge on any atom is 0.357 e. The maximum absolute atomic E-state index is 14.8. The molecule has 2 heterocycles. The molecule has 0 saturated carbocycles. The Balaban J connectivity index is 1.61. The van der Waals surface area contributed by atoms with Crippen LogP contribution in [0, 0.1) is 0 Å². The highest BCUT2D eigenvalue weighted by Crippen LogP contribution is 2.37. The van der Waals surface area contributed by atoms with Gasteiger partial charge in [0.2, 0.25) is 0 Å². The quantitative estimate of drug-likeness (QED) is 0.0438. The molecular weight excluding hydrogens is 803 g/mol. The number of hydrogen-bond acceptors (Lipinski definition) is 12. The van der Waals surface area contributed by atoms with Crippen LogP contribution in [0.3, 0.4) is 0 Å². The lowest BCUT2D eigenvalue weighted by Crippen LogP contribution is -2.48. The van der Waals surface area contributed by atoms with Crippen LogP contribution < -0.4 is 10.1 Å². The van der Waals surface area contributed by atoms with Crippen LogP contribution in [-0.2, 0) is 29.0 Å². The molecule has 0 fully saturated rings. The number of fused-ring (bicyclic) bond motifs is 1. The van der Waals surface area contributed by atoms with E-state index in [-0.39, 0.29) is 52.1 Å². The molecule has 0 radical (unpaired) electrons. The van der Waals surface area contributed by atoms with Gasteiger partial charge in [-0.25, -0.2) is 32.5 Å². The number of ether oxygens (including phenoxy) is 4. The van der Waals surface area contributed by atoms with Gasteiger partial charge in [0.1, 0.15) is 16.2 Å². The molecule has 4 rings (SSSR count). The fraction of sp³-hybridized carbons (Fsp3) is 0.556. The molecule has 3 aromatic rings. The van der Waals surface area contributed by atoms with Crippen LogP contribution in [0.25, 0.3) is 0 Å². The first-order chi connectivity index (χ1) is 29.5. The smallest absolute Gasteiger partial charge is 0.357 e. The fourth-order valence-electron chi connectivity index (χ4n) is 7.29. The zero-order valence-corrected chi connectivity index (χ0v) is 37.2. The monoisotopic (exact) mass is 865 g/mol. The number of aromatic nitrogens is 2. The highest BCUT2D eigenvalue weighted by molar-refractivity contribution is 7.90. The van der Waals surface area contributed by atoms with E-state index >= 15 is 0 Å². The molecule has 2 aromatic carbocycles. The topological polar surface area (TPSA) is 185 Å². The summed E-state index contributed by atoms with van der Waals surface area (Å²) in [6.45, 7) is 4.23. The minimum atomic E-state index is -4.32. The zero-order chi connectivity index (χ0) is 44.2. The van der Waals surface area contributed by atoms with Crippen molar-refractivity contribution in [2.45, 2.75) is 134 Å². The first-order valence-corrected chi connectivity index (χ1v) is 23.1. The molecule has 1 unspecified atom stereocenters. The number of benzene rings is 2. The van der Waals surface area contributed by atoms with Gasteiger partial charge < -0.3 is 24.3 Å². The van der Waals surface area contributed by atoms with Crippen LogP contribution in [-0.4, -0.2) is 86.6 Å². The molecule has 0 bridgehead atoms. The van der Waals surface area contributed by atoms with Crippen LogP contribution in [0.5, 0.6) is 5.75 Å². The Morgan fingerprint density at radius 1 is 0.721 bits per heavy atom. The van der Waals surface area contributed by atoms with E-state index in [2.05, 4.69) is 17.3 Å². The van der Waals surface area contributed by atoms with Crippen molar-refractivity contribution in [1.29, 1.82) is 0 Å². The standard InChI is InChI=1S/C45H63N5O10S/c1-6-8-9-10-11-12-13-14-15-16-17-18-19-20-21-24-29-49-41(47-35-25-22-23-26-38(35)61(49,55)56)40(50-39(45(54)59-5)34(32-46-50)44(53)58-4)42(51)48-36-31-33(27-28-37(36)57-3)43(52)60-30-7-2/h22-23,25-28,31-32,40H,6-21,24,29-30H2,1-5H3,(H,48,51). The highest BCUT2D eigenvalue weighted by Gasteiger charge is 2.43. The Kier molecular flexibility index (Phi) is 19.7. The number of anilines is 1. The maximum atomic E-state index is 14.8. The normalized spacial score (nSPS) is 13.5. The lowest BCUT2D eigenvalue weighted by molar-refractivity contribution is -0.117. The predicted octanol–water partition coefficient (Wildman–Crippen LogP) is 9.21. The number of aliphatic imine (C=N–C) groups is 1. The summed E-state index contributed by atoms with van der Waals surface area (Å²) in [5.74, 6) is -3.66. The molecule has 16 heteroatoms. The third-order valence-corrected chi connectivity index (χ3v) is 12.4. The van der Waals surface area contributed by atoms with E-state index in [1.165, 1.54) is 102 Å². The number of unbranched alkanes of at least 4 members (excludes halogenated alkanes) is 15. The zero-order valence-electron chi connectivity index (χ0n) is 36.4. The van der Waals surface area contributed by atoms with Gasteiger partial charge in [-0.15, -0.1) is 0 Å². The molecule has 61 heavy (non-hydrogen) atoms. The average molecular weight is 866 g/mol. The number of nitrogens with zero attached hydrogens (tertiary/aromatic N) is 4. The molecule has 1 aromatic heterocycles. The summed E-state index contributed by atoms with van der Waals surface area (Å²) in [5, 5.41) is 7.02. The molecule has 1 atom stereocenters. The number of nitrogens with one attached hydrogen (secondary N) is 1. The third-order valence-electron chi connectivity index (χ3n) is 10.6. The lowest BCUT2D eigenvalue weighted by atomic mass is 10.0. The summed E-state index contributed by atoms with van der Waals surface area (Å²) >= 11 is 0. The summed E-state index contributed by atoms with van der Waals surface area (Å²) in [4.78, 5) is 58.6. The second-order valence-electron chi connectivity index (χ2n) is 15.1. The van der Waals surface area contributed by atoms with Gasteiger partial charge in [-0.2, -0.15) is 5.10 Å². The molecule has 0 spiro atoms. The van der Waals surface area contributed by atoms with Crippen LogP contribution in [0.2, 0.25) is 0 Å². The molecular formula is C45H63N5O10S. The minimum absolute atomic E-state index is 0.0347. The Labute approximate surface area is 360 Å². The van der Waals surface area contributed by atoms with Crippen molar-refractivity contribution < 1.29 is 46.5 Å². The summed E-state index contributed by atoms with van der Waals surface area (Å²) < 4.78 is 51.7. The van der Waals surface area contributed by atoms with E-state index in [9.17, 15) is 27.6 Å². The summed E-state index contributed by atoms with van der Waals surface area (Å²) in [6.07, 6.45) is 20.0. The van der Waals surface area contributed by atoms with E-state index in [4.69, 9.17) is 23.9 Å². The highest BCUT2D eigenvalue weighted by atomic mass is 32.2. The summed E-state index contributed by atoms with van der Waals surface area (Å²) in [6, 6.07) is 8.67. The molecule has 1 amide bonds. The number of amidine groups is 1. The van der Waals surface area contributed by atoms with Crippen molar-refractivity contribution in [3.05, 3.63) is 65.5 Å². The van der Waals surface area contributed by atoms with Crippen molar-refractivity contribution in [2.75, 3.05) is 39.8 Å². The van der Waals surface area contributed by atoms with Crippen molar-refractivity contribution in [3.8, 4) is 5.75 Å². The fourth-order valence-corrected chi connectivity index (χ4v) is 8.91. The lowest BCUT2D eigenvalue weighted by Gasteiger charge is -2.33. The van der Waals surface area contributed by atoms with Gasteiger partial charge in [0.25, 0.3) is 15.9 Å². The number of amides is 1. The SMILES string of the molecule is CCCCCCCCCCCCCCCCCCN1C(C(C(=O)Nc2cc(C(=O)OCCC)ccc2OC)n2ncc(C(=O)OC)c2C(=O)OC)=Nc2ccccc2S1(=O)=O. The number of methoxy groups -OCH3 is 3. The first kappa shape index (κ1) is 48.4. The van der Waals surface area contributed by atoms with E-state index in [0.717, 1.165) is 61.5 Å². The van der Waals surface area contributed by atoms with E-state index < -0.39 is 45.6 Å². The van der Waals surface area contributed by atoms with Crippen molar-refractivity contribution in [1.82, 2.24) is 14.1 Å². The number of carbonyl (C=O) groups excluding carboxylic acids is 4. The minimum Gasteiger partial charge on any atom is -0.495 e. The van der Waals surface area contributed by atoms with Gasteiger partial charge in [0, 0.05) is 6.54 Å². The number of hydrogen-bond donors (Lipinski definition) is 1. The van der Waals surface area contributed by atoms with Gasteiger partial charge in [-0.1, -0.05) is 122 Å². The van der Waals surface area contributed by atoms with Crippen LogP contribution >= 0.6 is 0 Å². The van der Waals surface area contributed by atoms with E-state index in [1.54, 1.807) is 12.1 Å². The first-order valence-electron chi connectivity index (χ1n) is 21.6. The van der Waals surface area contributed by atoms with Gasteiger partial charge in [-0.05, 0) is 43.2 Å². The Bertz CT molecular complexity index is 2070. The third kappa shape index (κ3) is 13.1. The summed E-state index contributed by atoms with van der Waals surface area (Å²) in [7, 11) is -0.740. The van der Waals surface area contributed by atoms with Crippen LogP contribution in [0.4, 0.5) is 11.4 Å². The summed E-state index contributed by atoms with van der Waals surface area (Å²) in [5.41, 5.74) is -0.585. The largest absolute Gasteiger partial charge is 0.495 e. The number of rotatable bonds is 27. The average Bonchev–Trinajstić information content (AvgIpc) is 3.70. The van der Waals surface area contributed by atoms with Gasteiger partial charge in [0.15, 0.2) is 17.6 Å². The molecule has 15 nitrogen and oxygen atoms in total. The molecule has 1 N–H and O–H groups in total. The number of esters is 3. The van der Waals surface area contributed by atoms with Crippen LogP contribution in [0.1, 0.15) is 160 Å². The predicted molar refractivity (Wildman–Crippen MR) is 233 cm³/mol. The number of para-hydroxylation sites is 1. The van der Waals surface area contributed by atoms with Crippen molar-refractivity contribution in [2.24, 2.45) is 4.99 Å². The van der Waals surface area contributed by atoms with Crippen LogP contribution in [0.15, 0.2) is 58.5 Å². The van der Waals surface area contributed by atoms with Crippen molar-refractivity contribution in [3.63, 3.8) is 0 Å². The molecule has 1 aliphatic rings. The number of sulfonamides is 1. The van der Waals surface area contributed by atoms with Gasteiger partial charge in [-0.3, -0.25) is 9.10 Å².